The molecule has 2 aliphatic rings. The van der Waals surface area contributed by atoms with Gasteiger partial charge in [-0.15, -0.1) is 0 Å². The Bertz CT molecular complexity index is 1570. The predicted octanol–water partition coefficient (Wildman–Crippen LogP) is 6.43. The number of amides is 1. The van der Waals surface area contributed by atoms with Gasteiger partial charge in [0, 0.05) is 38.8 Å². The van der Waals surface area contributed by atoms with Crippen LogP contribution in [-0.2, 0) is 22.6 Å². The summed E-state index contributed by atoms with van der Waals surface area (Å²) < 4.78 is 95.8. The summed E-state index contributed by atoms with van der Waals surface area (Å²) in [6.45, 7) is 6.84. The van der Waals surface area contributed by atoms with Gasteiger partial charge in [0.1, 0.15) is 11.6 Å². The van der Waals surface area contributed by atoms with E-state index in [-0.39, 0.29) is 17.8 Å². The van der Waals surface area contributed by atoms with Crippen molar-refractivity contribution in [3.05, 3.63) is 76.7 Å². The smallest absolute Gasteiger partial charge is 0.391 e. The Morgan fingerprint density at radius 2 is 1.53 bits per heavy atom. The molecule has 0 radical (unpaired) electrons. The van der Waals surface area contributed by atoms with Crippen LogP contribution in [0.2, 0.25) is 0 Å². The first-order chi connectivity index (χ1) is 20.9. The van der Waals surface area contributed by atoms with E-state index >= 15 is 0 Å². The zero-order valence-corrected chi connectivity index (χ0v) is 25.1. The van der Waals surface area contributed by atoms with Crippen LogP contribution in [-0.4, -0.2) is 66.3 Å². The minimum absolute atomic E-state index is 0.0240. The van der Waals surface area contributed by atoms with E-state index in [1.807, 2.05) is 4.90 Å². The molecule has 13 heteroatoms. The number of carbonyl (C=O) groups is 1. The molecule has 2 atom stereocenters. The first kappa shape index (κ1) is 32.7. The molecule has 5 rings (SSSR count). The van der Waals surface area contributed by atoms with E-state index in [9.17, 15) is 40.6 Å². The number of halogens is 7. The van der Waals surface area contributed by atoms with Gasteiger partial charge in [-0.2, -0.15) is 26.3 Å². The fraction of sp³-hybridized carbons (Fsp3) is 0.438. The maximum atomic E-state index is 14.1. The summed E-state index contributed by atoms with van der Waals surface area (Å²) in [6, 6.07) is 6.92. The molecule has 242 valence electrons. The number of aromatic nitrogens is 1. The van der Waals surface area contributed by atoms with Crippen LogP contribution in [0.5, 0.6) is 0 Å². The fourth-order valence-corrected chi connectivity index (χ4v) is 6.18. The average molecular weight is 639 g/mol. The van der Waals surface area contributed by atoms with Crippen LogP contribution in [0.25, 0.3) is 11.1 Å². The highest BCUT2D eigenvalue weighted by Gasteiger charge is 2.42. The van der Waals surface area contributed by atoms with Crippen molar-refractivity contribution >= 4 is 17.4 Å². The molecule has 2 saturated heterocycles. The van der Waals surface area contributed by atoms with Crippen molar-refractivity contribution in [1.29, 1.82) is 0 Å². The number of benzene rings is 2. The minimum Gasteiger partial charge on any atom is -0.391 e. The number of hydrogen-bond acceptors (Lipinski definition) is 5. The van der Waals surface area contributed by atoms with Gasteiger partial charge in [-0.1, -0.05) is 6.07 Å². The van der Waals surface area contributed by atoms with Crippen LogP contribution in [0.1, 0.15) is 42.5 Å². The molecule has 0 bridgehead atoms. The molecule has 2 aliphatic heterocycles. The van der Waals surface area contributed by atoms with Gasteiger partial charge in [0.15, 0.2) is 0 Å². The van der Waals surface area contributed by atoms with Crippen molar-refractivity contribution < 1.29 is 40.6 Å². The molecular weight excluding hydrogens is 605 g/mol. The zero-order chi connectivity index (χ0) is 33.1. The molecule has 1 N–H and O–H groups in total. The van der Waals surface area contributed by atoms with Crippen LogP contribution in [0, 0.1) is 12.7 Å². The van der Waals surface area contributed by atoms with E-state index in [0.29, 0.717) is 60.7 Å². The maximum absolute atomic E-state index is 14.1. The van der Waals surface area contributed by atoms with Crippen LogP contribution >= 0.6 is 0 Å². The number of carbonyl (C=O) groups excluding carboxylic acids is 1. The van der Waals surface area contributed by atoms with Gasteiger partial charge in [-0.25, -0.2) is 9.37 Å². The number of rotatable bonds is 5. The lowest BCUT2D eigenvalue weighted by Gasteiger charge is -2.39. The van der Waals surface area contributed by atoms with Gasteiger partial charge in [0.2, 0.25) is 5.91 Å². The number of piperazine rings is 1. The molecule has 3 heterocycles. The molecule has 0 spiro atoms. The second-order valence-corrected chi connectivity index (χ2v) is 12.2. The Balaban J connectivity index is 1.57. The van der Waals surface area contributed by atoms with Gasteiger partial charge in [-0.3, -0.25) is 9.69 Å². The SMILES string of the molecule is Cc1cc(F)ccc1-c1cc(N2CCN3CC[C@H](O)C3C2)ncc1N(C)C(=O)C(C)(C)c1cc(C(F)(F)F)cc(C(F)(F)F)c1. The monoisotopic (exact) mass is 638 g/mol. The van der Waals surface area contributed by atoms with E-state index < -0.39 is 52.3 Å². The van der Waals surface area contributed by atoms with Crippen molar-refractivity contribution in [3.8, 4) is 11.1 Å². The largest absolute Gasteiger partial charge is 0.416 e. The zero-order valence-electron chi connectivity index (χ0n) is 25.1. The van der Waals surface area contributed by atoms with Crippen molar-refractivity contribution in [2.24, 2.45) is 0 Å². The first-order valence-electron chi connectivity index (χ1n) is 14.4. The first-order valence-corrected chi connectivity index (χ1v) is 14.4. The molecule has 2 aromatic carbocycles. The third kappa shape index (κ3) is 6.37. The summed E-state index contributed by atoms with van der Waals surface area (Å²) >= 11 is 0. The summed E-state index contributed by atoms with van der Waals surface area (Å²) in [5.74, 6) is -0.716. The summed E-state index contributed by atoms with van der Waals surface area (Å²) in [4.78, 5) is 24.0. The molecule has 0 saturated carbocycles. The van der Waals surface area contributed by atoms with Gasteiger partial charge in [-0.05, 0) is 80.3 Å². The molecule has 1 unspecified atom stereocenters. The van der Waals surface area contributed by atoms with Crippen molar-refractivity contribution in [1.82, 2.24) is 9.88 Å². The Morgan fingerprint density at radius 1 is 0.911 bits per heavy atom. The van der Waals surface area contributed by atoms with Crippen LogP contribution in [0.3, 0.4) is 0 Å². The Hall–Kier alpha value is -3.71. The minimum atomic E-state index is -5.08. The van der Waals surface area contributed by atoms with E-state index in [4.69, 9.17) is 0 Å². The topological polar surface area (TPSA) is 59.9 Å². The molecule has 6 nitrogen and oxygen atoms in total. The number of likely N-dealkylation sites (N-methyl/N-ethyl adjacent to an activating group) is 1. The predicted molar refractivity (Wildman–Crippen MR) is 155 cm³/mol. The third-order valence-corrected chi connectivity index (χ3v) is 8.87. The number of pyridine rings is 1. The lowest BCUT2D eigenvalue weighted by Crippen LogP contribution is -2.53. The van der Waals surface area contributed by atoms with Gasteiger partial charge in [0.25, 0.3) is 0 Å². The second-order valence-electron chi connectivity index (χ2n) is 12.2. The normalized spacial score (nSPS) is 19.5. The highest BCUT2D eigenvalue weighted by atomic mass is 19.4. The highest BCUT2D eigenvalue weighted by Crippen LogP contribution is 2.41. The maximum Gasteiger partial charge on any atom is 0.416 e. The fourth-order valence-electron chi connectivity index (χ4n) is 6.18. The second kappa shape index (κ2) is 11.6. The number of hydrogen-bond donors (Lipinski definition) is 1. The molecule has 0 aliphatic carbocycles. The standard InChI is InChI=1S/C32H33F7N4O2/c1-18-11-22(33)5-6-23(18)24-15-28(43-10-9-42-8-7-27(44)26(42)17-43)40-16-25(24)41(4)29(45)30(2,3)19-12-20(31(34,35)36)14-21(13-19)32(37,38)39/h5-6,11-16,26-27,44H,7-10,17H2,1-4H3/t26?,27-/m0/s1. The van der Waals surface area contributed by atoms with Crippen molar-refractivity contribution in [2.75, 3.05) is 43.0 Å². The van der Waals surface area contributed by atoms with Crippen molar-refractivity contribution in [2.45, 2.75) is 57.1 Å². The van der Waals surface area contributed by atoms with E-state index in [1.54, 1.807) is 13.0 Å². The molecule has 1 amide bonds. The Kier molecular flexibility index (Phi) is 8.41. The van der Waals surface area contributed by atoms with Crippen LogP contribution in [0.15, 0.2) is 48.7 Å². The van der Waals surface area contributed by atoms with E-state index in [0.717, 1.165) is 11.4 Å². The number of aliphatic hydroxyl groups is 1. The summed E-state index contributed by atoms with van der Waals surface area (Å²) in [6.07, 6.45) is -8.54. The number of anilines is 2. The lowest BCUT2D eigenvalue weighted by atomic mass is 9.81. The Labute approximate surface area is 256 Å². The number of aryl methyl sites for hydroxylation is 1. The average Bonchev–Trinajstić information content (AvgIpc) is 3.34. The van der Waals surface area contributed by atoms with E-state index in [1.165, 1.54) is 45.3 Å². The summed E-state index contributed by atoms with van der Waals surface area (Å²) in [7, 11) is 1.37. The molecule has 45 heavy (non-hydrogen) atoms. The Morgan fingerprint density at radius 3 is 2.13 bits per heavy atom. The lowest BCUT2D eigenvalue weighted by molar-refractivity contribution is -0.143. The number of alkyl halides is 6. The number of fused-ring (bicyclic) bond motifs is 1. The molecule has 3 aromatic rings. The third-order valence-electron chi connectivity index (χ3n) is 8.87. The molecule has 1 aromatic heterocycles. The molecule has 2 fully saturated rings. The van der Waals surface area contributed by atoms with E-state index in [2.05, 4.69) is 9.88 Å². The quantitative estimate of drug-likeness (QED) is 0.327. The van der Waals surface area contributed by atoms with Crippen LogP contribution < -0.4 is 9.80 Å². The van der Waals surface area contributed by atoms with Gasteiger partial charge >= 0.3 is 12.4 Å². The summed E-state index contributed by atoms with van der Waals surface area (Å²) in [5.41, 5.74) is -3.53. The van der Waals surface area contributed by atoms with Gasteiger partial charge < -0.3 is 14.9 Å². The molecular formula is C32H33F7N4O2. The van der Waals surface area contributed by atoms with Crippen LogP contribution in [0.4, 0.5) is 42.2 Å². The van der Waals surface area contributed by atoms with Crippen molar-refractivity contribution in [3.63, 3.8) is 0 Å². The number of nitrogens with zero attached hydrogens (tertiary/aromatic N) is 4. The number of aliphatic hydroxyl groups excluding tert-OH is 1. The van der Waals surface area contributed by atoms with Gasteiger partial charge in [0.05, 0.1) is 40.6 Å². The highest BCUT2D eigenvalue weighted by molar-refractivity contribution is 6.03. The summed E-state index contributed by atoms with van der Waals surface area (Å²) in [5, 5.41) is 10.5.